The monoisotopic (exact) mass is 233 g/mol. The number of nitrogens with one attached hydrogen (secondary N) is 1. The van der Waals surface area contributed by atoms with Crippen molar-refractivity contribution in [2.45, 2.75) is 51.6 Å². The van der Waals surface area contributed by atoms with Crippen molar-refractivity contribution in [3.63, 3.8) is 0 Å². The number of benzene rings is 1. The number of rotatable bonds is 4. The molecule has 1 aromatic carbocycles. The van der Waals surface area contributed by atoms with Crippen molar-refractivity contribution in [2.24, 2.45) is 0 Å². The van der Waals surface area contributed by atoms with Crippen LogP contribution in [-0.4, -0.2) is 19.2 Å². The van der Waals surface area contributed by atoms with Gasteiger partial charge in [-0.1, -0.05) is 13.0 Å². The Morgan fingerprint density at radius 1 is 1.41 bits per heavy atom. The summed E-state index contributed by atoms with van der Waals surface area (Å²) in [6.07, 6.45) is 4.77. The van der Waals surface area contributed by atoms with Gasteiger partial charge in [-0.15, -0.1) is 0 Å². The van der Waals surface area contributed by atoms with E-state index in [1.807, 2.05) is 0 Å². The van der Waals surface area contributed by atoms with Crippen molar-refractivity contribution in [3.05, 3.63) is 29.3 Å². The lowest BCUT2D eigenvalue weighted by Gasteiger charge is -2.28. The highest BCUT2D eigenvalue weighted by Gasteiger charge is 2.19. The Hall–Kier alpha value is -1.02. The van der Waals surface area contributed by atoms with Gasteiger partial charge < -0.3 is 10.1 Å². The van der Waals surface area contributed by atoms with Gasteiger partial charge in [0.15, 0.2) is 0 Å². The summed E-state index contributed by atoms with van der Waals surface area (Å²) in [5.41, 5.74) is 2.95. The molecule has 0 bridgehead atoms. The first kappa shape index (κ1) is 12.4. The van der Waals surface area contributed by atoms with Gasteiger partial charge in [0, 0.05) is 12.1 Å². The number of aryl methyl sites for hydroxylation is 1. The minimum absolute atomic E-state index is 0.618. The molecule has 0 saturated heterocycles. The maximum atomic E-state index is 5.30. The van der Waals surface area contributed by atoms with Crippen LogP contribution in [0.2, 0.25) is 0 Å². The van der Waals surface area contributed by atoms with E-state index in [2.05, 4.69) is 37.4 Å². The summed E-state index contributed by atoms with van der Waals surface area (Å²) in [4.78, 5) is 0. The van der Waals surface area contributed by atoms with Crippen LogP contribution in [0.25, 0.3) is 0 Å². The molecule has 1 aromatic rings. The molecule has 17 heavy (non-hydrogen) atoms. The van der Waals surface area contributed by atoms with Crippen LogP contribution in [0.3, 0.4) is 0 Å². The number of hydrogen-bond acceptors (Lipinski definition) is 2. The zero-order valence-corrected chi connectivity index (χ0v) is 11.1. The highest BCUT2D eigenvalue weighted by atomic mass is 16.5. The Balaban J connectivity index is 2.06. The first-order valence-electron chi connectivity index (χ1n) is 6.64. The molecule has 2 heteroatoms. The van der Waals surface area contributed by atoms with Gasteiger partial charge in [-0.3, -0.25) is 0 Å². The fourth-order valence-electron chi connectivity index (χ4n) is 2.52. The Bertz CT molecular complexity index is 375. The van der Waals surface area contributed by atoms with E-state index in [1.165, 1.54) is 30.4 Å². The van der Waals surface area contributed by atoms with Gasteiger partial charge in [-0.2, -0.15) is 0 Å². The second kappa shape index (κ2) is 5.54. The van der Waals surface area contributed by atoms with Crippen molar-refractivity contribution < 1.29 is 4.74 Å². The standard InChI is InChI=1S/C15H23NO/c1-4-11(2)16-14-7-5-12-6-8-15(17-3)10-13(12)9-14/h6,8,10-11,14,16H,4-5,7,9H2,1-3H3. The second-order valence-corrected chi connectivity index (χ2v) is 5.05. The third-order valence-electron chi connectivity index (χ3n) is 3.77. The largest absolute Gasteiger partial charge is 0.497 e. The summed E-state index contributed by atoms with van der Waals surface area (Å²) in [5, 5.41) is 3.71. The zero-order valence-electron chi connectivity index (χ0n) is 11.1. The molecule has 0 fully saturated rings. The Labute approximate surface area is 104 Å². The van der Waals surface area contributed by atoms with Crippen LogP contribution >= 0.6 is 0 Å². The normalized spacial score (nSPS) is 20.8. The lowest BCUT2D eigenvalue weighted by atomic mass is 9.87. The fourth-order valence-corrected chi connectivity index (χ4v) is 2.52. The number of hydrogen-bond donors (Lipinski definition) is 1. The van der Waals surface area contributed by atoms with E-state index in [1.54, 1.807) is 7.11 Å². The highest BCUT2D eigenvalue weighted by molar-refractivity contribution is 5.37. The molecule has 1 aliphatic carbocycles. The van der Waals surface area contributed by atoms with Crippen molar-refractivity contribution in [3.8, 4) is 5.75 Å². The lowest BCUT2D eigenvalue weighted by Crippen LogP contribution is -2.39. The Morgan fingerprint density at radius 2 is 2.24 bits per heavy atom. The molecular formula is C15H23NO. The maximum absolute atomic E-state index is 5.30. The van der Waals surface area contributed by atoms with Crippen molar-refractivity contribution in [2.75, 3.05) is 7.11 Å². The van der Waals surface area contributed by atoms with Crippen LogP contribution in [0.15, 0.2) is 18.2 Å². The molecule has 2 nitrogen and oxygen atoms in total. The summed E-state index contributed by atoms with van der Waals surface area (Å²) in [5.74, 6) is 0.980. The number of fused-ring (bicyclic) bond motifs is 1. The van der Waals surface area contributed by atoms with Crippen molar-refractivity contribution >= 4 is 0 Å². The third-order valence-corrected chi connectivity index (χ3v) is 3.77. The number of methoxy groups -OCH3 is 1. The Kier molecular flexibility index (Phi) is 4.06. The van der Waals surface area contributed by atoms with E-state index < -0.39 is 0 Å². The highest BCUT2D eigenvalue weighted by Crippen LogP contribution is 2.25. The fraction of sp³-hybridized carbons (Fsp3) is 0.600. The minimum atomic E-state index is 0.618. The van der Waals surface area contributed by atoms with Crippen LogP contribution in [0.4, 0.5) is 0 Å². The maximum Gasteiger partial charge on any atom is 0.119 e. The predicted molar refractivity (Wildman–Crippen MR) is 71.7 cm³/mol. The van der Waals surface area contributed by atoms with E-state index in [0.717, 1.165) is 12.2 Å². The first-order valence-corrected chi connectivity index (χ1v) is 6.64. The van der Waals surface area contributed by atoms with Crippen LogP contribution in [0, 0.1) is 0 Å². The molecule has 0 aliphatic heterocycles. The van der Waals surface area contributed by atoms with E-state index >= 15 is 0 Å². The second-order valence-electron chi connectivity index (χ2n) is 5.05. The van der Waals surface area contributed by atoms with Crippen LogP contribution in [0.5, 0.6) is 5.75 Å². The molecule has 1 aliphatic rings. The molecule has 0 saturated carbocycles. The van der Waals surface area contributed by atoms with Gasteiger partial charge in [0.05, 0.1) is 7.11 Å². The summed E-state index contributed by atoms with van der Waals surface area (Å²) in [6.45, 7) is 4.50. The summed E-state index contributed by atoms with van der Waals surface area (Å²) in [6, 6.07) is 7.73. The molecule has 0 spiro atoms. The summed E-state index contributed by atoms with van der Waals surface area (Å²) < 4.78 is 5.30. The van der Waals surface area contributed by atoms with Gasteiger partial charge in [-0.25, -0.2) is 0 Å². The Morgan fingerprint density at radius 3 is 2.94 bits per heavy atom. The quantitative estimate of drug-likeness (QED) is 0.863. The molecule has 2 rings (SSSR count). The van der Waals surface area contributed by atoms with E-state index in [9.17, 15) is 0 Å². The van der Waals surface area contributed by atoms with Gasteiger partial charge >= 0.3 is 0 Å². The molecule has 0 aromatic heterocycles. The number of ether oxygens (including phenoxy) is 1. The predicted octanol–water partition coefficient (Wildman–Crippen LogP) is 2.94. The summed E-state index contributed by atoms with van der Waals surface area (Å²) >= 11 is 0. The minimum Gasteiger partial charge on any atom is -0.497 e. The molecule has 94 valence electrons. The molecule has 0 amide bonds. The van der Waals surface area contributed by atoms with Crippen LogP contribution < -0.4 is 10.1 Å². The van der Waals surface area contributed by atoms with E-state index in [0.29, 0.717) is 12.1 Å². The smallest absolute Gasteiger partial charge is 0.119 e. The van der Waals surface area contributed by atoms with Gasteiger partial charge in [0.25, 0.3) is 0 Å². The molecule has 0 radical (unpaired) electrons. The molecule has 0 heterocycles. The molecule has 2 unspecified atom stereocenters. The topological polar surface area (TPSA) is 21.3 Å². The van der Waals surface area contributed by atoms with Gasteiger partial charge in [0.1, 0.15) is 5.75 Å². The van der Waals surface area contributed by atoms with Gasteiger partial charge in [0.2, 0.25) is 0 Å². The average Bonchev–Trinajstić information content (AvgIpc) is 2.37. The van der Waals surface area contributed by atoms with Gasteiger partial charge in [-0.05, 0) is 55.9 Å². The zero-order chi connectivity index (χ0) is 12.3. The molecular weight excluding hydrogens is 210 g/mol. The van der Waals surface area contributed by atoms with Crippen LogP contribution in [-0.2, 0) is 12.8 Å². The van der Waals surface area contributed by atoms with Crippen molar-refractivity contribution in [1.29, 1.82) is 0 Å². The first-order chi connectivity index (χ1) is 8.22. The van der Waals surface area contributed by atoms with E-state index in [-0.39, 0.29) is 0 Å². The lowest BCUT2D eigenvalue weighted by molar-refractivity contribution is 0.395. The van der Waals surface area contributed by atoms with Crippen LogP contribution in [0.1, 0.15) is 37.8 Å². The molecule has 2 atom stereocenters. The SMILES string of the molecule is CCC(C)NC1CCc2ccc(OC)cc2C1. The average molecular weight is 233 g/mol. The van der Waals surface area contributed by atoms with Crippen molar-refractivity contribution in [1.82, 2.24) is 5.32 Å². The molecule has 1 N–H and O–H groups in total. The summed E-state index contributed by atoms with van der Waals surface area (Å²) in [7, 11) is 1.74. The third kappa shape index (κ3) is 3.01. The van der Waals surface area contributed by atoms with E-state index in [4.69, 9.17) is 4.74 Å².